The number of nitrogens with zero attached hydrogens (tertiary/aromatic N) is 1. The molecular formula is C14H22N4O. The fourth-order valence-electron chi connectivity index (χ4n) is 2.58. The molecule has 0 aliphatic heterocycles. The van der Waals surface area contributed by atoms with Crippen LogP contribution >= 0.6 is 0 Å². The quantitative estimate of drug-likeness (QED) is 0.773. The second-order valence-electron chi connectivity index (χ2n) is 5.54. The summed E-state index contributed by atoms with van der Waals surface area (Å²) in [6.07, 6.45) is 6.57. The number of anilines is 2. The summed E-state index contributed by atoms with van der Waals surface area (Å²) in [5.41, 5.74) is 11.8. The van der Waals surface area contributed by atoms with Crippen molar-refractivity contribution in [1.29, 1.82) is 0 Å². The van der Waals surface area contributed by atoms with Crippen molar-refractivity contribution >= 4 is 17.4 Å². The molecule has 2 rings (SSSR count). The van der Waals surface area contributed by atoms with Crippen molar-refractivity contribution < 1.29 is 4.79 Å². The molecule has 5 heteroatoms. The average Bonchev–Trinajstić information content (AvgIpc) is 2.39. The topological polar surface area (TPSA) is 94.0 Å². The molecule has 0 radical (unpaired) electrons. The zero-order valence-corrected chi connectivity index (χ0v) is 11.4. The summed E-state index contributed by atoms with van der Waals surface area (Å²) >= 11 is 0. The summed E-state index contributed by atoms with van der Waals surface area (Å²) in [7, 11) is 0. The Morgan fingerprint density at radius 1 is 1.42 bits per heavy atom. The van der Waals surface area contributed by atoms with Crippen molar-refractivity contribution in [1.82, 2.24) is 4.98 Å². The third kappa shape index (κ3) is 3.59. The van der Waals surface area contributed by atoms with Crippen LogP contribution in [0.25, 0.3) is 0 Å². The minimum atomic E-state index is -0.500. The summed E-state index contributed by atoms with van der Waals surface area (Å²) in [6, 6.07) is 1.57. The van der Waals surface area contributed by atoms with Crippen molar-refractivity contribution in [2.75, 3.05) is 17.6 Å². The average molecular weight is 262 g/mol. The lowest BCUT2D eigenvalue weighted by molar-refractivity contribution is 0.100. The molecule has 19 heavy (non-hydrogen) atoms. The van der Waals surface area contributed by atoms with E-state index in [-0.39, 0.29) is 0 Å². The number of pyridine rings is 1. The molecule has 0 saturated heterocycles. The van der Waals surface area contributed by atoms with E-state index in [0.29, 0.717) is 23.0 Å². The fraction of sp³-hybridized carbons (Fsp3) is 0.571. The summed E-state index contributed by atoms with van der Waals surface area (Å²) in [5.74, 6) is 1.53. The third-order valence-corrected chi connectivity index (χ3v) is 3.87. The van der Waals surface area contributed by atoms with Crippen LogP contribution in [-0.4, -0.2) is 17.4 Å². The van der Waals surface area contributed by atoms with Crippen LogP contribution in [0.5, 0.6) is 0 Å². The van der Waals surface area contributed by atoms with Crippen LogP contribution in [0.2, 0.25) is 0 Å². The van der Waals surface area contributed by atoms with Crippen molar-refractivity contribution in [2.45, 2.75) is 32.6 Å². The smallest absolute Gasteiger partial charge is 0.252 e. The highest BCUT2D eigenvalue weighted by atomic mass is 16.1. The molecule has 0 atom stereocenters. The lowest BCUT2D eigenvalue weighted by Gasteiger charge is -2.26. The van der Waals surface area contributed by atoms with Gasteiger partial charge in [0, 0.05) is 6.54 Å². The second-order valence-corrected chi connectivity index (χ2v) is 5.54. The van der Waals surface area contributed by atoms with Gasteiger partial charge in [0.05, 0.1) is 17.4 Å². The highest BCUT2D eigenvalue weighted by Crippen LogP contribution is 2.28. The molecule has 5 nitrogen and oxygen atoms in total. The van der Waals surface area contributed by atoms with E-state index in [4.69, 9.17) is 11.5 Å². The van der Waals surface area contributed by atoms with Gasteiger partial charge in [0.15, 0.2) is 0 Å². The van der Waals surface area contributed by atoms with Crippen molar-refractivity contribution in [2.24, 2.45) is 17.6 Å². The van der Waals surface area contributed by atoms with E-state index in [9.17, 15) is 4.79 Å². The van der Waals surface area contributed by atoms with Crippen molar-refractivity contribution in [3.05, 3.63) is 17.8 Å². The molecule has 0 bridgehead atoms. The second kappa shape index (κ2) is 5.91. The maximum Gasteiger partial charge on any atom is 0.252 e. The molecule has 0 unspecified atom stereocenters. The molecule has 1 aromatic heterocycles. The van der Waals surface area contributed by atoms with Crippen LogP contribution in [0.1, 0.15) is 43.0 Å². The Bertz CT molecular complexity index is 453. The van der Waals surface area contributed by atoms with Gasteiger partial charge in [0.25, 0.3) is 5.91 Å². The number of primary amides is 1. The van der Waals surface area contributed by atoms with Gasteiger partial charge in [-0.1, -0.05) is 19.8 Å². The van der Waals surface area contributed by atoms with Gasteiger partial charge in [0.2, 0.25) is 0 Å². The summed E-state index contributed by atoms with van der Waals surface area (Å²) in [5, 5.41) is 3.24. The molecule has 1 aromatic rings. The number of carbonyl (C=O) groups excluding carboxylic acids is 1. The van der Waals surface area contributed by atoms with Gasteiger partial charge < -0.3 is 16.8 Å². The molecule has 104 valence electrons. The van der Waals surface area contributed by atoms with Crippen molar-refractivity contribution in [3.8, 4) is 0 Å². The van der Waals surface area contributed by atoms with E-state index < -0.39 is 5.91 Å². The van der Waals surface area contributed by atoms with Crippen LogP contribution in [-0.2, 0) is 0 Å². The first-order valence-electron chi connectivity index (χ1n) is 6.85. The Balaban J connectivity index is 1.97. The Kier molecular flexibility index (Phi) is 4.24. The SMILES string of the molecule is CC1CCC(CNc2ncc(N)cc2C(N)=O)CC1. The largest absolute Gasteiger partial charge is 0.397 e. The predicted molar refractivity (Wildman–Crippen MR) is 76.8 cm³/mol. The third-order valence-electron chi connectivity index (χ3n) is 3.87. The summed E-state index contributed by atoms with van der Waals surface area (Å²) < 4.78 is 0. The van der Waals surface area contributed by atoms with Crippen molar-refractivity contribution in [3.63, 3.8) is 0 Å². The zero-order valence-electron chi connectivity index (χ0n) is 11.4. The van der Waals surface area contributed by atoms with Gasteiger partial charge in [-0.05, 0) is 30.7 Å². The Hall–Kier alpha value is -1.78. The maximum atomic E-state index is 11.4. The number of amides is 1. The van der Waals surface area contributed by atoms with Gasteiger partial charge in [-0.15, -0.1) is 0 Å². The number of nitrogens with two attached hydrogens (primary N) is 2. The minimum Gasteiger partial charge on any atom is -0.397 e. The first-order valence-corrected chi connectivity index (χ1v) is 6.85. The molecule has 1 fully saturated rings. The lowest BCUT2D eigenvalue weighted by atomic mass is 9.83. The van der Waals surface area contributed by atoms with E-state index in [2.05, 4.69) is 17.2 Å². The van der Waals surface area contributed by atoms with Crippen LogP contribution in [0.4, 0.5) is 11.5 Å². The van der Waals surface area contributed by atoms with Gasteiger partial charge in [0.1, 0.15) is 5.82 Å². The number of nitrogens with one attached hydrogen (secondary N) is 1. The number of rotatable bonds is 4. The minimum absolute atomic E-state index is 0.365. The van der Waals surface area contributed by atoms with E-state index in [1.807, 2.05) is 0 Å². The molecule has 1 amide bonds. The van der Waals surface area contributed by atoms with Gasteiger partial charge in [-0.25, -0.2) is 4.98 Å². The molecule has 1 saturated carbocycles. The molecule has 5 N–H and O–H groups in total. The standard InChI is InChI=1S/C14H22N4O/c1-9-2-4-10(5-3-9)7-17-14-12(13(16)19)6-11(15)8-18-14/h6,8-10H,2-5,7,15H2,1H3,(H2,16,19)(H,17,18). The molecule has 1 heterocycles. The van der Waals surface area contributed by atoms with Crippen LogP contribution in [0, 0.1) is 11.8 Å². The zero-order chi connectivity index (χ0) is 13.8. The monoisotopic (exact) mass is 262 g/mol. The Morgan fingerprint density at radius 3 is 2.74 bits per heavy atom. The number of hydrogen-bond acceptors (Lipinski definition) is 4. The molecule has 0 aromatic carbocycles. The fourth-order valence-corrected chi connectivity index (χ4v) is 2.58. The van der Waals surface area contributed by atoms with Gasteiger partial charge in [-0.2, -0.15) is 0 Å². The first kappa shape index (κ1) is 13.6. The number of hydrogen-bond donors (Lipinski definition) is 3. The van der Waals surface area contributed by atoms with E-state index in [1.165, 1.54) is 31.9 Å². The number of nitrogen functional groups attached to an aromatic ring is 1. The van der Waals surface area contributed by atoms with Crippen LogP contribution in [0.3, 0.4) is 0 Å². The first-order chi connectivity index (χ1) is 9.06. The molecule has 0 spiro atoms. The highest BCUT2D eigenvalue weighted by Gasteiger charge is 2.19. The summed E-state index contributed by atoms with van der Waals surface area (Å²) in [4.78, 5) is 15.5. The van der Waals surface area contributed by atoms with E-state index in [1.54, 1.807) is 6.07 Å². The molecule has 1 aliphatic rings. The van der Waals surface area contributed by atoms with Gasteiger partial charge in [-0.3, -0.25) is 4.79 Å². The van der Waals surface area contributed by atoms with Crippen LogP contribution < -0.4 is 16.8 Å². The molecule has 1 aliphatic carbocycles. The normalized spacial score (nSPS) is 23.0. The maximum absolute atomic E-state index is 11.4. The molecular weight excluding hydrogens is 240 g/mol. The number of carbonyl (C=O) groups is 1. The highest BCUT2D eigenvalue weighted by molar-refractivity contribution is 5.98. The lowest BCUT2D eigenvalue weighted by Crippen LogP contribution is -2.22. The van der Waals surface area contributed by atoms with Gasteiger partial charge >= 0.3 is 0 Å². The van der Waals surface area contributed by atoms with E-state index in [0.717, 1.165) is 12.5 Å². The predicted octanol–water partition coefficient (Wildman–Crippen LogP) is 2.00. The summed E-state index contributed by atoms with van der Waals surface area (Å²) in [6.45, 7) is 3.14. The van der Waals surface area contributed by atoms with E-state index >= 15 is 0 Å². The Labute approximate surface area is 113 Å². The Morgan fingerprint density at radius 2 is 2.11 bits per heavy atom. The number of aromatic nitrogens is 1. The van der Waals surface area contributed by atoms with Crippen LogP contribution in [0.15, 0.2) is 12.3 Å².